The maximum absolute atomic E-state index is 12.8. The van der Waals surface area contributed by atoms with Gasteiger partial charge < -0.3 is 5.11 Å². The van der Waals surface area contributed by atoms with Crippen molar-refractivity contribution < 1.29 is 9.50 Å². The van der Waals surface area contributed by atoms with Crippen molar-refractivity contribution in [2.24, 2.45) is 0 Å². The first-order valence-electron chi connectivity index (χ1n) is 4.52. The van der Waals surface area contributed by atoms with Gasteiger partial charge in [-0.3, -0.25) is 0 Å². The van der Waals surface area contributed by atoms with Gasteiger partial charge in [0.2, 0.25) is 0 Å². The van der Waals surface area contributed by atoms with Gasteiger partial charge >= 0.3 is 0 Å². The van der Waals surface area contributed by atoms with Gasteiger partial charge in [0, 0.05) is 10.0 Å². The third-order valence-electron chi connectivity index (χ3n) is 2.20. The summed E-state index contributed by atoms with van der Waals surface area (Å²) in [7, 11) is 0. The predicted molar refractivity (Wildman–Crippen MR) is 66.2 cm³/mol. The van der Waals surface area contributed by atoms with E-state index in [2.05, 4.69) is 15.9 Å². The molecule has 16 heavy (non-hydrogen) atoms. The van der Waals surface area contributed by atoms with Gasteiger partial charge in [0.1, 0.15) is 11.6 Å². The summed E-state index contributed by atoms with van der Waals surface area (Å²) < 4.78 is 13.5. The van der Waals surface area contributed by atoms with Crippen LogP contribution in [0.2, 0.25) is 5.02 Å². The molecule has 2 aromatic rings. The molecule has 0 unspecified atom stereocenters. The van der Waals surface area contributed by atoms with Crippen LogP contribution in [0.25, 0.3) is 11.1 Å². The van der Waals surface area contributed by atoms with Gasteiger partial charge in [-0.2, -0.15) is 0 Å². The van der Waals surface area contributed by atoms with Crippen LogP contribution in [-0.2, 0) is 0 Å². The smallest absolute Gasteiger partial charge is 0.134 e. The van der Waals surface area contributed by atoms with E-state index in [-0.39, 0.29) is 16.6 Å². The summed E-state index contributed by atoms with van der Waals surface area (Å²) >= 11 is 9.35. The summed E-state index contributed by atoms with van der Waals surface area (Å²) in [6, 6.07) is 9.12. The van der Waals surface area contributed by atoms with Crippen molar-refractivity contribution in [3.8, 4) is 16.9 Å². The zero-order valence-corrected chi connectivity index (χ0v) is 10.4. The molecule has 2 rings (SSSR count). The summed E-state index contributed by atoms with van der Waals surface area (Å²) in [6.45, 7) is 0. The number of hydrogen-bond acceptors (Lipinski definition) is 1. The van der Waals surface area contributed by atoms with Crippen molar-refractivity contribution in [3.63, 3.8) is 0 Å². The SMILES string of the molecule is Oc1ccc(Br)c(-c2ccc(F)cc2)c1Cl. The number of phenols is 1. The summed E-state index contributed by atoms with van der Waals surface area (Å²) in [5.74, 6) is -0.305. The van der Waals surface area contributed by atoms with E-state index in [0.717, 1.165) is 10.0 Å². The Labute approximate surface area is 106 Å². The minimum absolute atomic E-state index is 0.00388. The van der Waals surface area contributed by atoms with Crippen LogP contribution in [-0.4, -0.2) is 5.11 Å². The Morgan fingerprint density at radius 3 is 2.31 bits per heavy atom. The third kappa shape index (κ3) is 2.06. The van der Waals surface area contributed by atoms with Gasteiger partial charge in [-0.15, -0.1) is 0 Å². The summed E-state index contributed by atoms with van der Waals surface area (Å²) in [4.78, 5) is 0. The van der Waals surface area contributed by atoms with E-state index in [1.807, 2.05) is 0 Å². The van der Waals surface area contributed by atoms with Crippen molar-refractivity contribution >= 4 is 27.5 Å². The zero-order chi connectivity index (χ0) is 11.7. The van der Waals surface area contributed by atoms with Crippen LogP contribution in [0.1, 0.15) is 0 Å². The van der Waals surface area contributed by atoms with Crippen molar-refractivity contribution in [2.45, 2.75) is 0 Å². The Balaban J connectivity index is 2.63. The van der Waals surface area contributed by atoms with Crippen LogP contribution < -0.4 is 0 Å². The Kier molecular flexibility index (Phi) is 3.17. The van der Waals surface area contributed by atoms with Crippen LogP contribution in [0.15, 0.2) is 40.9 Å². The Hall–Kier alpha value is -1.06. The molecule has 0 bridgehead atoms. The molecular formula is C12H7BrClFO. The average Bonchev–Trinajstić information content (AvgIpc) is 2.27. The van der Waals surface area contributed by atoms with Crippen LogP contribution in [0.5, 0.6) is 5.75 Å². The fourth-order valence-corrected chi connectivity index (χ4v) is 2.37. The lowest BCUT2D eigenvalue weighted by Crippen LogP contribution is -1.83. The average molecular weight is 302 g/mol. The molecule has 0 saturated carbocycles. The number of benzene rings is 2. The van der Waals surface area contributed by atoms with Gasteiger partial charge in [-0.05, 0) is 29.8 Å². The molecule has 0 fully saturated rings. The van der Waals surface area contributed by atoms with Gasteiger partial charge in [-0.1, -0.05) is 39.7 Å². The molecule has 0 radical (unpaired) electrons. The molecule has 4 heteroatoms. The summed E-state index contributed by atoms with van der Waals surface area (Å²) in [5.41, 5.74) is 1.40. The monoisotopic (exact) mass is 300 g/mol. The van der Waals surface area contributed by atoms with Gasteiger partial charge in [0.15, 0.2) is 0 Å². The zero-order valence-electron chi connectivity index (χ0n) is 8.05. The first-order chi connectivity index (χ1) is 7.59. The molecular weight excluding hydrogens is 294 g/mol. The minimum atomic E-state index is -0.309. The highest BCUT2D eigenvalue weighted by atomic mass is 79.9. The Morgan fingerprint density at radius 1 is 1.06 bits per heavy atom. The molecule has 0 amide bonds. The van der Waals surface area contributed by atoms with Gasteiger partial charge in [-0.25, -0.2) is 4.39 Å². The molecule has 0 aliphatic heterocycles. The fourth-order valence-electron chi connectivity index (χ4n) is 1.42. The largest absolute Gasteiger partial charge is 0.506 e. The summed E-state index contributed by atoms with van der Waals surface area (Å²) in [6.07, 6.45) is 0. The normalized spacial score (nSPS) is 10.4. The molecule has 0 atom stereocenters. The Bertz CT molecular complexity index is 525. The molecule has 0 spiro atoms. The van der Waals surface area contributed by atoms with Crippen LogP contribution in [0, 0.1) is 5.82 Å². The topological polar surface area (TPSA) is 20.2 Å². The van der Waals surface area contributed by atoms with Gasteiger partial charge in [0.05, 0.1) is 5.02 Å². The third-order valence-corrected chi connectivity index (χ3v) is 3.25. The molecule has 82 valence electrons. The van der Waals surface area contributed by atoms with Crippen molar-refractivity contribution in [1.82, 2.24) is 0 Å². The minimum Gasteiger partial charge on any atom is -0.506 e. The highest BCUT2D eigenvalue weighted by molar-refractivity contribution is 9.10. The molecule has 0 saturated heterocycles. The molecule has 0 heterocycles. The van der Waals surface area contributed by atoms with Crippen molar-refractivity contribution in [2.75, 3.05) is 0 Å². The molecule has 1 nitrogen and oxygen atoms in total. The van der Waals surface area contributed by atoms with E-state index in [1.165, 1.54) is 18.2 Å². The number of halogens is 3. The standard InChI is InChI=1S/C12H7BrClFO/c13-9-5-6-10(16)12(14)11(9)7-1-3-8(15)4-2-7/h1-6,16H. The molecule has 0 aromatic heterocycles. The van der Waals surface area contributed by atoms with Gasteiger partial charge in [0.25, 0.3) is 0 Å². The first-order valence-corrected chi connectivity index (χ1v) is 5.69. The fraction of sp³-hybridized carbons (Fsp3) is 0. The molecule has 0 aliphatic carbocycles. The van der Waals surface area contributed by atoms with Crippen molar-refractivity contribution in [3.05, 3.63) is 51.7 Å². The molecule has 0 aliphatic rings. The first kappa shape index (κ1) is 11.4. The van der Waals surface area contributed by atoms with E-state index in [1.54, 1.807) is 18.2 Å². The lowest BCUT2D eigenvalue weighted by molar-refractivity contribution is 0.476. The predicted octanol–water partition coefficient (Wildman–Crippen LogP) is 4.61. The lowest BCUT2D eigenvalue weighted by atomic mass is 10.1. The second kappa shape index (κ2) is 4.44. The maximum atomic E-state index is 12.8. The van der Waals surface area contributed by atoms with E-state index < -0.39 is 0 Å². The summed E-state index contributed by atoms with van der Waals surface area (Å²) in [5, 5.41) is 9.76. The van der Waals surface area contributed by atoms with E-state index in [4.69, 9.17) is 11.6 Å². The quantitative estimate of drug-likeness (QED) is 0.815. The highest BCUT2D eigenvalue weighted by Crippen LogP contribution is 2.39. The molecule has 1 N–H and O–H groups in total. The maximum Gasteiger partial charge on any atom is 0.134 e. The second-order valence-electron chi connectivity index (χ2n) is 3.26. The second-order valence-corrected chi connectivity index (χ2v) is 4.49. The number of rotatable bonds is 1. The van der Waals surface area contributed by atoms with Crippen LogP contribution >= 0.6 is 27.5 Å². The van der Waals surface area contributed by atoms with Crippen LogP contribution in [0.3, 0.4) is 0 Å². The number of phenolic OH excluding ortho intramolecular Hbond substituents is 1. The van der Waals surface area contributed by atoms with E-state index in [9.17, 15) is 9.50 Å². The Morgan fingerprint density at radius 2 is 1.69 bits per heavy atom. The lowest BCUT2D eigenvalue weighted by Gasteiger charge is -2.08. The van der Waals surface area contributed by atoms with Crippen LogP contribution in [0.4, 0.5) is 4.39 Å². The van der Waals surface area contributed by atoms with E-state index >= 15 is 0 Å². The number of aromatic hydroxyl groups is 1. The highest BCUT2D eigenvalue weighted by Gasteiger charge is 2.11. The number of hydrogen-bond donors (Lipinski definition) is 1. The van der Waals surface area contributed by atoms with Crippen molar-refractivity contribution in [1.29, 1.82) is 0 Å². The molecule has 2 aromatic carbocycles. The van der Waals surface area contributed by atoms with E-state index in [0.29, 0.717) is 5.56 Å².